The van der Waals surface area contributed by atoms with Gasteiger partial charge < -0.3 is 14.4 Å². The lowest BCUT2D eigenvalue weighted by Gasteiger charge is -2.34. The maximum Gasteiger partial charge on any atom is 0.198 e. The highest BCUT2D eigenvalue weighted by atomic mass is 32.1. The van der Waals surface area contributed by atoms with Crippen LogP contribution in [0.3, 0.4) is 0 Å². The van der Waals surface area contributed by atoms with Gasteiger partial charge in [0.25, 0.3) is 0 Å². The van der Waals surface area contributed by atoms with E-state index < -0.39 is 0 Å². The lowest BCUT2D eigenvalue weighted by molar-refractivity contribution is -0.0592. The van der Waals surface area contributed by atoms with Crippen LogP contribution in [0.1, 0.15) is 50.8 Å². The van der Waals surface area contributed by atoms with E-state index in [-0.39, 0.29) is 6.61 Å². The maximum absolute atomic E-state index is 9.28. The number of aliphatic hydroxyl groups excluding tert-OH is 1. The third-order valence-electron chi connectivity index (χ3n) is 5.08. The highest BCUT2D eigenvalue weighted by Crippen LogP contribution is 2.24. The number of likely N-dealkylation sites (tertiary alicyclic amines) is 1. The average molecular weight is 340 g/mol. The van der Waals surface area contributed by atoms with Crippen LogP contribution in [0.2, 0.25) is 0 Å². The first-order chi connectivity index (χ1) is 11.2. The molecule has 1 saturated heterocycles. The van der Waals surface area contributed by atoms with E-state index in [0.717, 1.165) is 25.9 Å². The Labute approximate surface area is 143 Å². The molecule has 2 fully saturated rings. The molecule has 0 unspecified atom stereocenters. The summed E-state index contributed by atoms with van der Waals surface area (Å²) < 4.78 is 10.5. The Morgan fingerprint density at radius 3 is 2.39 bits per heavy atom. The van der Waals surface area contributed by atoms with Crippen LogP contribution in [0.5, 0.6) is 0 Å². The fourth-order valence-electron chi connectivity index (χ4n) is 3.61. The number of rotatable bonds is 5. The van der Waals surface area contributed by atoms with Gasteiger partial charge in [0.1, 0.15) is 6.61 Å². The average Bonchev–Trinajstić information content (AvgIpc) is 2.85. The minimum absolute atomic E-state index is 0.0789. The summed E-state index contributed by atoms with van der Waals surface area (Å²) in [6.45, 7) is 2.65. The molecule has 1 aliphatic carbocycles. The van der Waals surface area contributed by atoms with Crippen molar-refractivity contribution in [3.8, 4) is 0 Å². The van der Waals surface area contributed by atoms with Crippen LogP contribution >= 0.6 is 12.2 Å². The van der Waals surface area contributed by atoms with Gasteiger partial charge in [-0.05, 0) is 37.9 Å². The van der Waals surface area contributed by atoms with Crippen molar-refractivity contribution in [1.82, 2.24) is 19.2 Å². The Hall–Kier alpha value is -0.760. The first-order valence-electron chi connectivity index (χ1n) is 8.78. The van der Waals surface area contributed by atoms with Crippen molar-refractivity contribution in [2.45, 2.75) is 70.4 Å². The van der Waals surface area contributed by atoms with Gasteiger partial charge in [-0.15, -0.1) is 0 Å². The molecule has 130 valence electrons. The van der Waals surface area contributed by atoms with E-state index in [9.17, 15) is 5.11 Å². The zero-order valence-corrected chi connectivity index (χ0v) is 14.8. The monoisotopic (exact) mass is 340 g/mol. The summed E-state index contributed by atoms with van der Waals surface area (Å²) in [7, 11) is 1.85. The van der Waals surface area contributed by atoms with Crippen molar-refractivity contribution in [2.24, 2.45) is 7.05 Å². The zero-order valence-electron chi connectivity index (χ0n) is 14.0. The minimum atomic E-state index is -0.0789. The van der Waals surface area contributed by atoms with E-state index in [2.05, 4.69) is 10.00 Å². The van der Waals surface area contributed by atoms with Crippen LogP contribution in [0.15, 0.2) is 0 Å². The predicted molar refractivity (Wildman–Crippen MR) is 90.5 cm³/mol. The molecule has 6 nitrogen and oxygen atoms in total. The second kappa shape index (κ2) is 7.88. The van der Waals surface area contributed by atoms with Gasteiger partial charge in [-0.3, -0.25) is 4.90 Å². The number of hydrogen-bond acceptors (Lipinski definition) is 5. The van der Waals surface area contributed by atoms with Gasteiger partial charge in [-0.1, -0.05) is 19.3 Å². The minimum Gasteiger partial charge on any atom is -0.388 e. The Kier molecular flexibility index (Phi) is 5.85. The second-order valence-electron chi connectivity index (χ2n) is 6.77. The molecule has 7 heteroatoms. The van der Waals surface area contributed by atoms with Crippen molar-refractivity contribution in [3.05, 3.63) is 10.6 Å². The fraction of sp³-hybridized carbons (Fsp3) is 0.875. The topological polar surface area (TPSA) is 55.5 Å². The van der Waals surface area contributed by atoms with E-state index in [1.807, 2.05) is 11.7 Å². The highest BCUT2D eigenvalue weighted by molar-refractivity contribution is 7.71. The standard InChI is InChI=1S/C16H28N4O2S/c1-18-15(11-21)17-20(16(18)23)12-19-9-7-14(8-10-19)22-13-5-3-2-4-6-13/h13-14,21H,2-12H2,1H3. The van der Waals surface area contributed by atoms with Crippen LogP contribution < -0.4 is 0 Å². The molecule has 1 aromatic heterocycles. The van der Waals surface area contributed by atoms with E-state index in [4.69, 9.17) is 17.0 Å². The van der Waals surface area contributed by atoms with Crippen LogP contribution in [0.25, 0.3) is 0 Å². The van der Waals surface area contributed by atoms with Crippen LogP contribution in [0.4, 0.5) is 0 Å². The third-order valence-corrected chi connectivity index (χ3v) is 5.56. The number of ether oxygens (including phenoxy) is 1. The molecule has 1 N–H and O–H groups in total. The maximum atomic E-state index is 9.28. The van der Waals surface area contributed by atoms with Crippen molar-refractivity contribution in [2.75, 3.05) is 13.1 Å². The van der Waals surface area contributed by atoms with Crippen LogP contribution in [0, 0.1) is 4.77 Å². The van der Waals surface area contributed by atoms with Gasteiger partial charge >= 0.3 is 0 Å². The molecule has 2 aliphatic rings. The Balaban J connectivity index is 1.48. The number of aliphatic hydroxyl groups is 1. The number of nitrogens with zero attached hydrogens (tertiary/aromatic N) is 4. The molecule has 1 saturated carbocycles. The van der Waals surface area contributed by atoms with Crippen LogP contribution in [-0.4, -0.2) is 49.7 Å². The zero-order chi connectivity index (χ0) is 16.2. The van der Waals surface area contributed by atoms with E-state index in [1.54, 1.807) is 4.57 Å². The van der Waals surface area contributed by atoms with Gasteiger partial charge in [-0.2, -0.15) is 5.10 Å². The molecule has 0 atom stereocenters. The number of piperidine rings is 1. The summed E-state index contributed by atoms with van der Waals surface area (Å²) in [4.78, 5) is 2.37. The lowest BCUT2D eigenvalue weighted by atomic mass is 9.97. The molecule has 0 spiro atoms. The van der Waals surface area contributed by atoms with Crippen molar-refractivity contribution < 1.29 is 9.84 Å². The van der Waals surface area contributed by atoms with Gasteiger partial charge in [0, 0.05) is 20.1 Å². The van der Waals surface area contributed by atoms with Crippen molar-refractivity contribution in [3.63, 3.8) is 0 Å². The Morgan fingerprint density at radius 2 is 1.78 bits per heavy atom. The molecule has 1 aliphatic heterocycles. The lowest BCUT2D eigenvalue weighted by Crippen LogP contribution is -2.39. The summed E-state index contributed by atoms with van der Waals surface area (Å²) >= 11 is 5.38. The molecule has 0 aromatic carbocycles. The predicted octanol–water partition coefficient (Wildman–Crippen LogP) is 2.21. The molecular weight excluding hydrogens is 312 g/mol. The van der Waals surface area contributed by atoms with Crippen LogP contribution in [-0.2, 0) is 25.1 Å². The first kappa shape index (κ1) is 17.1. The van der Waals surface area contributed by atoms with Crippen molar-refractivity contribution >= 4 is 12.2 Å². The smallest absolute Gasteiger partial charge is 0.198 e. The molecule has 2 heterocycles. The normalized spacial score (nSPS) is 21.8. The van der Waals surface area contributed by atoms with Crippen molar-refractivity contribution in [1.29, 1.82) is 0 Å². The molecule has 3 rings (SSSR count). The molecule has 1 aromatic rings. The van der Waals surface area contributed by atoms with E-state index in [1.165, 1.54) is 32.1 Å². The van der Waals surface area contributed by atoms with Gasteiger partial charge in [0.15, 0.2) is 10.6 Å². The molecule has 0 radical (unpaired) electrons. The number of hydrogen-bond donors (Lipinski definition) is 1. The fourth-order valence-corrected chi connectivity index (χ4v) is 3.82. The second-order valence-corrected chi connectivity index (χ2v) is 7.14. The summed E-state index contributed by atoms with van der Waals surface area (Å²) in [5, 5.41) is 13.7. The quantitative estimate of drug-likeness (QED) is 0.833. The molecule has 0 bridgehead atoms. The van der Waals surface area contributed by atoms with E-state index in [0.29, 0.717) is 29.5 Å². The highest BCUT2D eigenvalue weighted by Gasteiger charge is 2.24. The third kappa shape index (κ3) is 4.21. The Bertz CT molecular complexity index is 557. The SMILES string of the molecule is Cn1c(CO)nn(CN2CCC(OC3CCCCC3)CC2)c1=S. The summed E-state index contributed by atoms with van der Waals surface area (Å²) in [6.07, 6.45) is 9.60. The van der Waals surface area contributed by atoms with E-state index >= 15 is 0 Å². The summed E-state index contributed by atoms with van der Waals surface area (Å²) in [6, 6.07) is 0. The van der Waals surface area contributed by atoms with Gasteiger partial charge in [-0.25, -0.2) is 4.68 Å². The summed E-state index contributed by atoms with van der Waals surface area (Å²) in [5.41, 5.74) is 0. The van der Waals surface area contributed by atoms with Gasteiger partial charge in [0.05, 0.1) is 18.9 Å². The number of aromatic nitrogens is 3. The summed E-state index contributed by atoms with van der Waals surface area (Å²) in [5.74, 6) is 0.616. The molecular formula is C16H28N4O2S. The Morgan fingerprint density at radius 1 is 1.13 bits per heavy atom. The first-order valence-corrected chi connectivity index (χ1v) is 9.19. The molecule has 23 heavy (non-hydrogen) atoms. The largest absolute Gasteiger partial charge is 0.388 e. The van der Waals surface area contributed by atoms with Gasteiger partial charge in [0.2, 0.25) is 0 Å². The molecule has 0 amide bonds.